The summed E-state index contributed by atoms with van der Waals surface area (Å²) in [5.41, 5.74) is 0. The summed E-state index contributed by atoms with van der Waals surface area (Å²) in [6.45, 7) is 1.75. The number of guanidine groups is 1. The molecule has 0 radical (unpaired) electrons. The van der Waals surface area contributed by atoms with Gasteiger partial charge in [-0.15, -0.1) is 24.0 Å². The molecule has 0 aromatic rings. The summed E-state index contributed by atoms with van der Waals surface area (Å²) in [4.78, 5) is 4.28. The average Bonchev–Trinajstić information content (AvgIpc) is 3.10. The molecule has 0 saturated carbocycles. The van der Waals surface area contributed by atoms with Gasteiger partial charge < -0.3 is 20.1 Å². The minimum atomic E-state index is 0. The van der Waals surface area contributed by atoms with Gasteiger partial charge in [-0.2, -0.15) is 0 Å². The molecule has 3 rings (SSSR count). The Morgan fingerprint density at radius 3 is 2.79 bits per heavy atom. The summed E-state index contributed by atoms with van der Waals surface area (Å²) in [6, 6.07) is 0.430. The topological polar surface area (TPSA) is 54.9 Å². The van der Waals surface area contributed by atoms with Gasteiger partial charge in [-0.25, -0.2) is 0 Å². The van der Waals surface area contributed by atoms with Crippen LogP contribution in [0.15, 0.2) is 4.99 Å². The summed E-state index contributed by atoms with van der Waals surface area (Å²) in [6.07, 6.45) is 7.07. The molecule has 3 aliphatic rings. The first kappa shape index (κ1) is 15.3. The molecule has 0 aromatic heterocycles. The Hall–Kier alpha value is -0.0800. The molecule has 3 heterocycles. The lowest BCUT2D eigenvalue weighted by molar-refractivity contribution is 0.0990. The predicted molar refractivity (Wildman–Crippen MR) is 85.2 cm³/mol. The van der Waals surface area contributed by atoms with Crippen LogP contribution in [-0.4, -0.2) is 50.5 Å². The van der Waals surface area contributed by atoms with E-state index in [2.05, 4.69) is 15.6 Å². The van der Waals surface area contributed by atoms with Crippen LogP contribution in [0.1, 0.15) is 32.1 Å². The van der Waals surface area contributed by atoms with Crippen molar-refractivity contribution >= 4 is 29.9 Å². The van der Waals surface area contributed by atoms with Crippen molar-refractivity contribution in [2.75, 3.05) is 20.2 Å². The van der Waals surface area contributed by atoms with Crippen LogP contribution in [0.5, 0.6) is 0 Å². The molecular formula is C13H24IN3O2. The number of halogens is 1. The highest BCUT2D eigenvalue weighted by Gasteiger charge is 2.41. The van der Waals surface area contributed by atoms with Gasteiger partial charge >= 0.3 is 0 Å². The average molecular weight is 381 g/mol. The molecule has 3 aliphatic heterocycles. The molecule has 5 nitrogen and oxygen atoms in total. The van der Waals surface area contributed by atoms with Crippen molar-refractivity contribution < 1.29 is 9.47 Å². The third-order valence-corrected chi connectivity index (χ3v) is 4.17. The third-order valence-electron chi connectivity index (χ3n) is 4.17. The summed E-state index contributed by atoms with van der Waals surface area (Å²) in [5, 5.41) is 6.84. The Labute approximate surface area is 131 Å². The minimum Gasteiger partial charge on any atom is -0.376 e. The molecule has 19 heavy (non-hydrogen) atoms. The molecule has 0 spiro atoms. The number of aliphatic imine (C=N–C) groups is 1. The summed E-state index contributed by atoms with van der Waals surface area (Å²) >= 11 is 0. The van der Waals surface area contributed by atoms with E-state index in [1.54, 1.807) is 0 Å². The van der Waals surface area contributed by atoms with Crippen molar-refractivity contribution in [2.45, 2.75) is 56.5 Å². The Balaban J connectivity index is 0.00000133. The number of rotatable bonds is 3. The highest BCUT2D eigenvalue weighted by Crippen LogP contribution is 2.34. The molecule has 6 heteroatoms. The van der Waals surface area contributed by atoms with Crippen LogP contribution in [0, 0.1) is 0 Å². The zero-order chi connectivity index (χ0) is 12.4. The first-order valence-corrected chi connectivity index (χ1v) is 7.09. The number of ether oxygens (including phenoxy) is 2. The molecule has 2 bridgehead atoms. The standard InChI is InChI=1S/C13H23N3O2.HI/c1-14-13(15-8-10-3-2-6-17-10)16-11-7-9-4-5-12(11)18-9;/h9-12H,2-8H2,1H3,(H2,14,15,16);1H. The first-order chi connectivity index (χ1) is 8.85. The van der Waals surface area contributed by atoms with Gasteiger partial charge in [0.25, 0.3) is 0 Å². The Morgan fingerprint density at radius 1 is 1.32 bits per heavy atom. The van der Waals surface area contributed by atoms with Crippen molar-refractivity contribution in [3.8, 4) is 0 Å². The molecule has 3 fully saturated rings. The van der Waals surface area contributed by atoms with E-state index in [4.69, 9.17) is 9.47 Å². The summed E-state index contributed by atoms with van der Waals surface area (Å²) in [7, 11) is 1.82. The molecule has 2 N–H and O–H groups in total. The second kappa shape index (κ2) is 7.08. The number of nitrogens with zero attached hydrogens (tertiary/aromatic N) is 1. The molecule has 110 valence electrons. The fourth-order valence-electron chi connectivity index (χ4n) is 3.18. The largest absolute Gasteiger partial charge is 0.376 e. The van der Waals surface area contributed by atoms with Crippen LogP contribution in [0.25, 0.3) is 0 Å². The van der Waals surface area contributed by atoms with E-state index in [0.29, 0.717) is 24.4 Å². The lowest BCUT2D eigenvalue weighted by atomic mass is 9.96. The van der Waals surface area contributed by atoms with Crippen molar-refractivity contribution in [3.05, 3.63) is 0 Å². The molecule has 4 atom stereocenters. The molecule has 0 aromatic carbocycles. The fraction of sp³-hybridized carbons (Fsp3) is 0.923. The summed E-state index contributed by atoms with van der Waals surface area (Å²) < 4.78 is 11.4. The molecular weight excluding hydrogens is 357 g/mol. The van der Waals surface area contributed by atoms with Gasteiger partial charge in [0.15, 0.2) is 5.96 Å². The Bertz CT molecular complexity index is 321. The lowest BCUT2D eigenvalue weighted by Gasteiger charge is -2.23. The Morgan fingerprint density at radius 2 is 2.21 bits per heavy atom. The van der Waals surface area contributed by atoms with Crippen LogP contribution in [0.3, 0.4) is 0 Å². The van der Waals surface area contributed by atoms with E-state index in [1.165, 1.54) is 19.3 Å². The van der Waals surface area contributed by atoms with Gasteiger partial charge in [0.1, 0.15) is 0 Å². The van der Waals surface area contributed by atoms with Gasteiger partial charge in [0.2, 0.25) is 0 Å². The van der Waals surface area contributed by atoms with Gasteiger partial charge in [-0.3, -0.25) is 4.99 Å². The first-order valence-electron chi connectivity index (χ1n) is 7.09. The monoisotopic (exact) mass is 381 g/mol. The van der Waals surface area contributed by atoms with Crippen molar-refractivity contribution in [1.29, 1.82) is 0 Å². The quantitative estimate of drug-likeness (QED) is 0.439. The van der Waals surface area contributed by atoms with Crippen LogP contribution in [0.4, 0.5) is 0 Å². The maximum Gasteiger partial charge on any atom is 0.191 e. The minimum absolute atomic E-state index is 0. The lowest BCUT2D eigenvalue weighted by Crippen LogP contribution is -2.48. The van der Waals surface area contributed by atoms with E-state index in [-0.39, 0.29) is 24.0 Å². The van der Waals surface area contributed by atoms with Crippen LogP contribution >= 0.6 is 24.0 Å². The van der Waals surface area contributed by atoms with Crippen LogP contribution in [0.2, 0.25) is 0 Å². The van der Waals surface area contributed by atoms with Gasteiger partial charge in [-0.05, 0) is 32.1 Å². The predicted octanol–water partition coefficient (Wildman–Crippen LogP) is 1.27. The zero-order valence-corrected chi connectivity index (χ0v) is 13.8. The second-order valence-electron chi connectivity index (χ2n) is 5.45. The third kappa shape index (κ3) is 3.72. The smallest absolute Gasteiger partial charge is 0.191 e. The maximum absolute atomic E-state index is 5.84. The van der Waals surface area contributed by atoms with Crippen LogP contribution in [-0.2, 0) is 9.47 Å². The Kier molecular flexibility index (Phi) is 5.70. The molecule has 3 saturated heterocycles. The van der Waals surface area contributed by atoms with Crippen molar-refractivity contribution in [1.82, 2.24) is 10.6 Å². The SMILES string of the molecule is CN=C(NCC1CCCO1)NC1CC2CCC1O2.I. The normalized spacial score (nSPS) is 37.2. The second-order valence-corrected chi connectivity index (χ2v) is 5.45. The molecule has 4 unspecified atom stereocenters. The molecule has 0 amide bonds. The number of fused-ring (bicyclic) bond motifs is 2. The van der Waals surface area contributed by atoms with E-state index < -0.39 is 0 Å². The number of nitrogens with one attached hydrogen (secondary N) is 2. The van der Waals surface area contributed by atoms with E-state index in [1.807, 2.05) is 7.05 Å². The molecule has 0 aliphatic carbocycles. The van der Waals surface area contributed by atoms with Gasteiger partial charge in [0.05, 0.1) is 24.4 Å². The van der Waals surface area contributed by atoms with E-state index in [0.717, 1.165) is 32.0 Å². The zero-order valence-electron chi connectivity index (χ0n) is 11.4. The van der Waals surface area contributed by atoms with Crippen molar-refractivity contribution in [3.63, 3.8) is 0 Å². The van der Waals surface area contributed by atoms with Crippen LogP contribution < -0.4 is 10.6 Å². The number of hydrogen-bond donors (Lipinski definition) is 2. The van der Waals surface area contributed by atoms with Crippen molar-refractivity contribution in [2.24, 2.45) is 4.99 Å². The fourth-order valence-corrected chi connectivity index (χ4v) is 3.18. The van der Waals surface area contributed by atoms with E-state index in [9.17, 15) is 0 Å². The van der Waals surface area contributed by atoms with Gasteiger partial charge in [-0.1, -0.05) is 0 Å². The summed E-state index contributed by atoms with van der Waals surface area (Å²) in [5.74, 6) is 0.881. The highest BCUT2D eigenvalue weighted by atomic mass is 127. The van der Waals surface area contributed by atoms with E-state index >= 15 is 0 Å². The highest BCUT2D eigenvalue weighted by molar-refractivity contribution is 14.0. The maximum atomic E-state index is 5.84. The van der Waals surface area contributed by atoms with Gasteiger partial charge in [0, 0.05) is 20.2 Å². The number of hydrogen-bond acceptors (Lipinski definition) is 3.